The summed E-state index contributed by atoms with van der Waals surface area (Å²) >= 11 is 1.31. The predicted molar refractivity (Wildman–Crippen MR) is 111 cm³/mol. The molecule has 0 radical (unpaired) electrons. The molecule has 0 fully saturated rings. The number of benzene rings is 1. The average molecular weight is 401 g/mol. The van der Waals surface area contributed by atoms with Crippen LogP contribution in [0.15, 0.2) is 34.1 Å². The maximum atomic E-state index is 13.0. The highest BCUT2D eigenvalue weighted by Crippen LogP contribution is 2.32. The number of rotatable bonds is 5. The van der Waals surface area contributed by atoms with Gasteiger partial charge in [0.25, 0.3) is 5.56 Å². The van der Waals surface area contributed by atoms with E-state index in [4.69, 9.17) is 0 Å². The SMILES string of the molecule is Cc1ccc(C)c(NC(=O)Cn2ncc3c(c2=O)N(CC(C)C)C(=O)CS3)c1. The molecule has 2 heterocycles. The Balaban J connectivity index is 1.87. The number of aryl methyl sites for hydroxylation is 2. The van der Waals surface area contributed by atoms with E-state index in [9.17, 15) is 14.4 Å². The Hall–Kier alpha value is -2.61. The Kier molecular flexibility index (Phi) is 5.88. The zero-order valence-corrected chi connectivity index (χ0v) is 17.3. The fourth-order valence-electron chi connectivity index (χ4n) is 3.03. The van der Waals surface area contributed by atoms with Crippen molar-refractivity contribution >= 4 is 35.0 Å². The number of nitrogens with zero attached hydrogens (tertiary/aromatic N) is 3. The van der Waals surface area contributed by atoms with Gasteiger partial charge in [0.2, 0.25) is 11.8 Å². The molecule has 0 spiro atoms. The summed E-state index contributed by atoms with van der Waals surface area (Å²) in [4.78, 5) is 40.0. The van der Waals surface area contributed by atoms with Crippen molar-refractivity contribution in [2.45, 2.75) is 39.1 Å². The molecule has 0 bridgehead atoms. The molecule has 1 aliphatic heterocycles. The van der Waals surface area contributed by atoms with E-state index in [0.29, 0.717) is 22.8 Å². The van der Waals surface area contributed by atoms with Gasteiger partial charge in [-0.2, -0.15) is 5.10 Å². The summed E-state index contributed by atoms with van der Waals surface area (Å²) in [5.74, 6) is 0.0701. The molecular formula is C20H24N4O3S. The van der Waals surface area contributed by atoms with Crippen molar-refractivity contribution in [1.82, 2.24) is 9.78 Å². The van der Waals surface area contributed by atoms with Crippen LogP contribution in [0.25, 0.3) is 0 Å². The van der Waals surface area contributed by atoms with Crippen molar-refractivity contribution in [3.8, 4) is 0 Å². The molecule has 1 aromatic carbocycles. The van der Waals surface area contributed by atoms with Crippen LogP contribution in [0, 0.1) is 19.8 Å². The number of amides is 2. The molecule has 0 unspecified atom stereocenters. The van der Waals surface area contributed by atoms with Crippen molar-refractivity contribution in [2.24, 2.45) is 5.92 Å². The molecule has 0 atom stereocenters. The normalized spacial score (nSPS) is 13.6. The van der Waals surface area contributed by atoms with Crippen LogP contribution in [0.1, 0.15) is 25.0 Å². The zero-order valence-electron chi connectivity index (χ0n) is 16.5. The lowest BCUT2D eigenvalue weighted by Gasteiger charge is -2.29. The number of hydrogen-bond acceptors (Lipinski definition) is 5. The molecule has 3 rings (SSSR count). The minimum atomic E-state index is -0.421. The number of nitrogens with one attached hydrogen (secondary N) is 1. The van der Waals surface area contributed by atoms with Crippen LogP contribution in [-0.2, 0) is 16.1 Å². The Morgan fingerprint density at radius 3 is 2.75 bits per heavy atom. The van der Waals surface area contributed by atoms with E-state index < -0.39 is 5.56 Å². The van der Waals surface area contributed by atoms with Gasteiger partial charge in [0, 0.05) is 12.2 Å². The van der Waals surface area contributed by atoms with E-state index in [2.05, 4.69) is 10.4 Å². The lowest BCUT2D eigenvalue weighted by Crippen LogP contribution is -2.44. The van der Waals surface area contributed by atoms with Crippen LogP contribution in [0.2, 0.25) is 0 Å². The molecule has 148 valence electrons. The lowest BCUT2D eigenvalue weighted by atomic mass is 10.1. The minimum Gasteiger partial charge on any atom is -0.324 e. The first kappa shape index (κ1) is 20.1. The van der Waals surface area contributed by atoms with Gasteiger partial charge in [-0.15, -0.1) is 11.8 Å². The van der Waals surface area contributed by atoms with Crippen molar-refractivity contribution < 1.29 is 9.59 Å². The summed E-state index contributed by atoms with van der Waals surface area (Å²) in [7, 11) is 0. The second kappa shape index (κ2) is 8.18. The summed E-state index contributed by atoms with van der Waals surface area (Å²) in [5.41, 5.74) is 2.59. The highest BCUT2D eigenvalue weighted by atomic mass is 32.2. The van der Waals surface area contributed by atoms with Gasteiger partial charge in [0.15, 0.2) is 0 Å². The van der Waals surface area contributed by atoms with Gasteiger partial charge in [0.1, 0.15) is 12.2 Å². The zero-order chi connectivity index (χ0) is 20.4. The van der Waals surface area contributed by atoms with Gasteiger partial charge in [-0.25, -0.2) is 4.68 Å². The third-order valence-electron chi connectivity index (χ3n) is 4.42. The molecule has 28 heavy (non-hydrogen) atoms. The highest BCUT2D eigenvalue weighted by molar-refractivity contribution is 8.00. The van der Waals surface area contributed by atoms with Crippen LogP contribution in [0.3, 0.4) is 0 Å². The number of aromatic nitrogens is 2. The van der Waals surface area contributed by atoms with Crippen LogP contribution >= 0.6 is 11.8 Å². The fraction of sp³-hybridized carbons (Fsp3) is 0.400. The quantitative estimate of drug-likeness (QED) is 0.834. The number of hydrogen-bond donors (Lipinski definition) is 1. The van der Waals surface area contributed by atoms with E-state index >= 15 is 0 Å². The second-order valence-corrected chi connectivity index (χ2v) is 8.39. The van der Waals surface area contributed by atoms with Crippen molar-refractivity contribution in [3.63, 3.8) is 0 Å². The van der Waals surface area contributed by atoms with Gasteiger partial charge in [-0.05, 0) is 37.0 Å². The van der Waals surface area contributed by atoms with E-state index in [-0.39, 0.29) is 30.0 Å². The maximum absolute atomic E-state index is 13.0. The van der Waals surface area contributed by atoms with Crippen molar-refractivity contribution in [2.75, 3.05) is 22.5 Å². The molecular weight excluding hydrogens is 376 g/mol. The molecule has 0 saturated heterocycles. The second-order valence-electron chi connectivity index (χ2n) is 7.37. The standard InChI is InChI=1S/C20H24N4O3S/c1-12(2)9-23-18(26)11-28-16-8-21-24(20(27)19(16)23)10-17(25)22-15-7-13(3)5-6-14(15)4/h5-8,12H,9-11H2,1-4H3,(H,22,25). The number of carbonyl (C=O) groups is 2. The molecule has 1 N–H and O–H groups in total. The molecule has 1 aromatic heterocycles. The smallest absolute Gasteiger partial charge is 0.292 e. The largest absolute Gasteiger partial charge is 0.324 e. The molecule has 7 nitrogen and oxygen atoms in total. The van der Waals surface area contributed by atoms with E-state index in [1.54, 1.807) is 6.20 Å². The predicted octanol–water partition coefficient (Wildman–Crippen LogP) is 2.59. The van der Waals surface area contributed by atoms with Gasteiger partial charge in [-0.1, -0.05) is 26.0 Å². The molecule has 2 amide bonds. The Bertz CT molecular complexity index is 984. The molecule has 8 heteroatoms. The maximum Gasteiger partial charge on any atom is 0.292 e. The lowest BCUT2D eigenvalue weighted by molar-refractivity contribution is -0.117. The first-order valence-corrected chi connectivity index (χ1v) is 10.1. The summed E-state index contributed by atoms with van der Waals surface area (Å²) in [5, 5.41) is 6.97. The fourth-order valence-corrected chi connectivity index (χ4v) is 3.92. The third-order valence-corrected chi connectivity index (χ3v) is 5.42. The van der Waals surface area contributed by atoms with Gasteiger partial charge >= 0.3 is 0 Å². The number of carbonyl (C=O) groups excluding carboxylic acids is 2. The summed E-state index contributed by atoms with van der Waals surface area (Å²) < 4.78 is 1.12. The topological polar surface area (TPSA) is 84.3 Å². The van der Waals surface area contributed by atoms with Gasteiger partial charge in [-0.3, -0.25) is 14.4 Å². The summed E-state index contributed by atoms with van der Waals surface area (Å²) in [6, 6.07) is 5.79. The van der Waals surface area contributed by atoms with Crippen molar-refractivity contribution in [3.05, 3.63) is 45.9 Å². The highest BCUT2D eigenvalue weighted by Gasteiger charge is 2.29. The monoisotopic (exact) mass is 400 g/mol. The molecule has 2 aromatic rings. The minimum absolute atomic E-state index is 0.0964. The van der Waals surface area contributed by atoms with Gasteiger partial charge in [0.05, 0.1) is 16.8 Å². The van der Waals surface area contributed by atoms with Crippen LogP contribution in [0.4, 0.5) is 11.4 Å². The number of anilines is 2. The summed E-state index contributed by atoms with van der Waals surface area (Å²) in [6.07, 6.45) is 1.56. The first-order valence-electron chi connectivity index (χ1n) is 9.16. The third kappa shape index (κ3) is 4.27. The van der Waals surface area contributed by atoms with E-state index in [0.717, 1.165) is 15.8 Å². The molecule has 0 saturated carbocycles. The van der Waals surface area contributed by atoms with Gasteiger partial charge < -0.3 is 10.2 Å². The molecule has 1 aliphatic rings. The Labute approximate surface area is 168 Å². The van der Waals surface area contributed by atoms with E-state index in [1.807, 2.05) is 45.9 Å². The van der Waals surface area contributed by atoms with Crippen LogP contribution in [-0.4, -0.2) is 33.9 Å². The number of thioether (sulfide) groups is 1. The van der Waals surface area contributed by atoms with Crippen LogP contribution < -0.4 is 15.8 Å². The Morgan fingerprint density at radius 2 is 2.04 bits per heavy atom. The van der Waals surface area contributed by atoms with E-state index in [1.165, 1.54) is 16.7 Å². The first-order chi connectivity index (χ1) is 13.3. The van der Waals surface area contributed by atoms with Crippen LogP contribution in [0.5, 0.6) is 0 Å². The molecule has 0 aliphatic carbocycles. The summed E-state index contributed by atoms with van der Waals surface area (Å²) in [6.45, 7) is 8.08. The van der Waals surface area contributed by atoms with Crippen molar-refractivity contribution in [1.29, 1.82) is 0 Å². The average Bonchev–Trinajstić information content (AvgIpc) is 2.62. The Morgan fingerprint density at radius 1 is 1.29 bits per heavy atom. The number of fused-ring (bicyclic) bond motifs is 1.